The SMILES string of the molecule is CC(C)C1SCC(C(=O)O)N1C(=O)Cc1ccc(O)cc1. The third kappa shape index (κ3) is 3.50. The van der Waals surface area contributed by atoms with Gasteiger partial charge in [0.15, 0.2) is 0 Å². The molecular formula is C15H19NO4S. The van der Waals surface area contributed by atoms with Crippen LogP contribution >= 0.6 is 11.8 Å². The van der Waals surface area contributed by atoms with E-state index in [1.807, 2.05) is 13.8 Å². The van der Waals surface area contributed by atoms with Gasteiger partial charge < -0.3 is 15.1 Å². The minimum absolute atomic E-state index is 0.101. The Morgan fingerprint density at radius 3 is 2.48 bits per heavy atom. The fourth-order valence-electron chi connectivity index (χ4n) is 2.43. The number of hydrogen-bond donors (Lipinski definition) is 2. The lowest BCUT2D eigenvalue weighted by atomic mass is 10.1. The summed E-state index contributed by atoms with van der Waals surface area (Å²) in [6, 6.07) is 5.64. The quantitative estimate of drug-likeness (QED) is 0.889. The Bertz CT molecular complexity index is 529. The number of rotatable bonds is 4. The number of aliphatic carboxylic acids is 1. The van der Waals surface area contributed by atoms with E-state index in [-0.39, 0.29) is 29.4 Å². The molecule has 0 spiro atoms. The molecule has 2 unspecified atom stereocenters. The normalized spacial score (nSPS) is 21.8. The molecule has 21 heavy (non-hydrogen) atoms. The van der Waals surface area contributed by atoms with Crippen LogP contribution in [0.5, 0.6) is 5.75 Å². The number of benzene rings is 1. The summed E-state index contributed by atoms with van der Waals surface area (Å²) in [6.45, 7) is 3.98. The van der Waals surface area contributed by atoms with Gasteiger partial charge in [-0.1, -0.05) is 26.0 Å². The first-order valence-corrected chi connectivity index (χ1v) is 7.88. The second-order valence-electron chi connectivity index (χ2n) is 5.47. The fourth-order valence-corrected chi connectivity index (χ4v) is 3.92. The lowest BCUT2D eigenvalue weighted by molar-refractivity contribution is -0.149. The first-order valence-electron chi connectivity index (χ1n) is 6.83. The summed E-state index contributed by atoms with van der Waals surface area (Å²) in [7, 11) is 0. The van der Waals surface area contributed by atoms with E-state index < -0.39 is 12.0 Å². The van der Waals surface area contributed by atoms with Crippen molar-refractivity contribution in [2.24, 2.45) is 5.92 Å². The van der Waals surface area contributed by atoms with Crippen LogP contribution in [-0.4, -0.2) is 44.2 Å². The van der Waals surface area contributed by atoms with Crippen molar-refractivity contribution >= 4 is 23.6 Å². The van der Waals surface area contributed by atoms with Gasteiger partial charge in [-0.3, -0.25) is 4.79 Å². The molecule has 6 heteroatoms. The highest BCUT2D eigenvalue weighted by Crippen LogP contribution is 2.34. The van der Waals surface area contributed by atoms with Gasteiger partial charge in [-0.05, 0) is 23.6 Å². The van der Waals surface area contributed by atoms with Crippen molar-refractivity contribution in [2.45, 2.75) is 31.7 Å². The predicted molar refractivity (Wildman–Crippen MR) is 81.2 cm³/mol. The maximum Gasteiger partial charge on any atom is 0.327 e. The number of phenols is 1. The number of carboxylic acid groups (broad SMARTS) is 1. The third-order valence-corrected chi connectivity index (χ3v) is 5.09. The van der Waals surface area contributed by atoms with E-state index in [4.69, 9.17) is 0 Å². The molecule has 114 valence electrons. The van der Waals surface area contributed by atoms with Crippen LogP contribution in [0.2, 0.25) is 0 Å². The van der Waals surface area contributed by atoms with E-state index in [0.717, 1.165) is 5.56 Å². The van der Waals surface area contributed by atoms with E-state index >= 15 is 0 Å². The van der Waals surface area contributed by atoms with Crippen molar-refractivity contribution in [3.63, 3.8) is 0 Å². The molecule has 0 saturated carbocycles. The van der Waals surface area contributed by atoms with Crippen molar-refractivity contribution in [1.82, 2.24) is 4.90 Å². The number of carbonyl (C=O) groups is 2. The number of thioether (sulfide) groups is 1. The zero-order valence-corrected chi connectivity index (χ0v) is 12.8. The number of amides is 1. The maximum atomic E-state index is 12.5. The van der Waals surface area contributed by atoms with Crippen molar-refractivity contribution in [2.75, 3.05) is 5.75 Å². The Morgan fingerprint density at radius 1 is 1.33 bits per heavy atom. The summed E-state index contributed by atoms with van der Waals surface area (Å²) in [5.41, 5.74) is 0.765. The molecule has 2 N–H and O–H groups in total. The molecule has 1 heterocycles. The average molecular weight is 309 g/mol. The van der Waals surface area contributed by atoms with Crippen LogP contribution in [0, 0.1) is 5.92 Å². The lowest BCUT2D eigenvalue weighted by Crippen LogP contribution is -2.47. The molecule has 2 rings (SSSR count). The molecule has 0 aliphatic carbocycles. The number of phenolic OH excluding ortho intramolecular Hbond substituents is 1. The first-order chi connectivity index (χ1) is 9.90. The van der Waals surface area contributed by atoms with Crippen molar-refractivity contribution in [3.8, 4) is 5.75 Å². The standard InChI is InChI=1S/C15H19NO4S/c1-9(2)14-16(12(8-21-14)15(19)20)13(18)7-10-3-5-11(17)6-4-10/h3-6,9,12,14,17H,7-8H2,1-2H3,(H,19,20). The molecule has 1 aliphatic heterocycles. The van der Waals surface area contributed by atoms with E-state index in [0.29, 0.717) is 5.75 Å². The van der Waals surface area contributed by atoms with Gasteiger partial charge in [0.2, 0.25) is 5.91 Å². The number of nitrogens with zero attached hydrogens (tertiary/aromatic N) is 1. The molecule has 1 amide bonds. The molecule has 5 nitrogen and oxygen atoms in total. The molecule has 0 aromatic heterocycles. The molecule has 1 saturated heterocycles. The van der Waals surface area contributed by atoms with Gasteiger partial charge in [-0.2, -0.15) is 0 Å². The number of carbonyl (C=O) groups excluding carboxylic acids is 1. The average Bonchev–Trinajstić information content (AvgIpc) is 2.86. The topological polar surface area (TPSA) is 77.8 Å². The van der Waals surface area contributed by atoms with Gasteiger partial charge in [0.05, 0.1) is 11.8 Å². The van der Waals surface area contributed by atoms with Crippen LogP contribution in [0.25, 0.3) is 0 Å². The van der Waals surface area contributed by atoms with Gasteiger partial charge >= 0.3 is 5.97 Å². The smallest absolute Gasteiger partial charge is 0.327 e. The summed E-state index contributed by atoms with van der Waals surface area (Å²) in [5.74, 6) is -0.365. The molecule has 1 aromatic carbocycles. The Balaban J connectivity index is 2.16. The van der Waals surface area contributed by atoms with Crippen LogP contribution in [-0.2, 0) is 16.0 Å². The van der Waals surface area contributed by atoms with Crippen LogP contribution in [0.1, 0.15) is 19.4 Å². The van der Waals surface area contributed by atoms with E-state index in [2.05, 4.69) is 0 Å². The minimum Gasteiger partial charge on any atom is -0.508 e. The molecule has 1 aliphatic rings. The molecule has 1 fully saturated rings. The molecule has 1 aromatic rings. The van der Waals surface area contributed by atoms with E-state index in [9.17, 15) is 19.8 Å². The fraction of sp³-hybridized carbons (Fsp3) is 0.467. The summed E-state index contributed by atoms with van der Waals surface area (Å²) < 4.78 is 0. The number of carboxylic acids is 1. The summed E-state index contributed by atoms with van der Waals surface area (Å²) in [5, 5.41) is 18.4. The summed E-state index contributed by atoms with van der Waals surface area (Å²) in [6.07, 6.45) is 0.147. The number of hydrogen-bond acceptors (Lipinski definition) is 4. The lowest BCUT2D eigenvalue weighted by Gasteiger charge is -2.29. The monoisotopic (exact) mass is 309 g/mol. The zero-order valence-electron chi connectivity index (χ0n) is 12.0. The van der Waals surface area contributed by atoms with Gasteiger partial charge in [0.25, 0.3) is 0 Å². The van der Waals surface area contributed by atoms with Crippen LogP contribution in [0.4, 0.5) is 0 Å². The zero-order chi connectivity index (χ0) is 15.6. The van der Waals surface area contributed by atoms with Crippen molar-refractivity contribution in [1.29, 1.82) is 0 Å². The Morgan fingerprint density at radius 2 is 1.95 bits per heavy atom. The Kier molecular flexibility index (Phi) is 4.77. The summed E-state index contributed by atoms with van der Waals surface area (Å²) >= 11 is 1.52. The Labute approximate surface area is 128 Å². The van der Waals surface area contributed by atoms with Crippen molar-refractivity contribution in [3.05, 3.63) is 29.8 Å². The number of aromatic hydroxyl groups is 1. The van der Waals surface area contributed by atoms with Gasteiger partial charge in [0.1, 0.15) is 11.8 Å². The highest BCUT2D eigenvalue weighted by molar-refractivity contribution is 8.00. The van der Waals surface area contributed by atoms with E-state index in [1.54, 1.807) is 12.1 Å². The van der Waals surface area contributed by atoms with Crippen LogP contribution < -0.4 is 0 Å². The molecular weight excluding hydrogens is 290 g/mol. The third-order valence-electron chi connectivity index (χ3n) is 3.47. The highest BCUT2D eigenvalue weighted by atomic mass is 32.2. The highest BCUT2D eigenvalue weighted by Gasteiger charge is 2.42. The Hall–Kier alpha value is -1.69. The second-order valence-corrected chi connectivity index (χ2v) is 6.62. The van der Waals surface area contributed by atoms with Gasteiger partial charge in [0, 0.05) is 5.75 Å². The van der Waals surface area contributed by atoms with E-state index in [1.165, 1.54) is 28.8 Å². The molecule has 0 radical (unpaired) electrons. The maximum absolute atomic E-state index is 12.5. The van der Waals surface area contributed by atoms with Gasteiger partial charge in [-0.15, -0.1) is 11.8 Å². The van der Waals surface area contributed by atoms with Gasteiger partial charge in [-0.25, -0.2) is 4.79 Å². The minimum atomic E-state index is -0.954. The largest absolute Gasteiger partial charge is 0.508 e. The summed E-state index contributed by atoms with van der Waals surface area (Å²) in [4.78, 5) is 25.4. The molecule has 0 bridgehead atoms. The first kappa shape index (κ1) is 15.7. The molecule has 2 atom stereocenters. The predicted octanol–water partition coefficient (Wildman–Crippen LogP) is 1.95. The van der Waals surface area contributed by atoms with Crippen LogP contribution in [0.15, 0.2) is 24.3 Å². The second kappa shape index (κ2) is 6.39. The van der Waals surface area contributed by atoms with Crippen molar-refractivity contribution < 1.29 is 19.8 Å². The van der Waals surface area contributed by atoms with Crippen LogP contribution in [0.3, 0.4) is 0 Å².